The summed E-state index contributed by atoms with van der Waals surface area (Å²) in [5.74, 6) is 0.143. The van der Waals surface area contributed by atoms with E-state index in [-0.39, 0.29) is 5.82 Å². The summed E-state index contributed by atoms with van der Waals surface area (Å²) >= 11 is 4.84. The normalized spacial score (nSPS) is 36.8. The van der Waals surface area contributed by atoms with E-state index in [2.05, 4.69) is 23.8 Å². The van der Waals surface area contributed by atoms with Gasteiger partial charge in [-0.3, -0.25) is 14.0 Å². The number of likely N-dealkylation sites (tertiary alicyclic amines) is 1. The van der Waals surface area contributed by atoms with E-state index >= 15 is 0 Å². The fourth-order valence-corrected chi connectivity index (χ4v) is 8.52. The minimum atomic E-state index is -5.46. The van der Waals surface area contributed by atoms with E-state index in [0.717, 1.165) is 12.8 Å². The van der Waals surface area contributed by atoms with Gasteiger partial charge in [-0.05, 0) is 37.7 Å². The summed E-state index contributed by atoms with van der Waals surface area (Å²) in [6, 6.07) is -0.623. The molecule has 0 radical (unpaired) electrons. The van der Waals surface area contributed by atoms with Crippen LogP contribution in [0, 0.1) is 0 Å². The molecular weight excluding hydrogens is 657 g/mol. The third kappa shape index (κ3) is 6.98. The molecule has 0 aromatic carbocycles. The van der Waals surface area contributed by atoms with E-state index in [1.807, 2.05) is 4.90 Å². The molecule has 2 aromatic heterocycles. The molecule has 0 aliphatic carbocycles. The van der Waals surface area contributed by atoms with Gasteiger partial charge in [0.1, 0.15) is 48.5 Å². The van der Waals surface area contributed by atoms with Crippen LogP contribution in [-0.4, -0.2) is 141 Å². The molecule has 0 spiro atoms. The molecule has 3 fully saturated rings. The number of fused-ring (bicyclic) bond motifs is 1. The highest BCUT2D eigenvalue weighted by Gasteiger charge is 2.51. The largest absolute Gasteiger partial charge is 0.481 e. The maximum atomic E-state index is 14.0. The zero-order valence-electron chi connectivity index (χ0n) is 22.7. The van der Waals surface area contributed by atoms with Gasteiger partial charge in [-0.15, -0.1) is 0 Å². The molecule has 2 aromatic rings. The monoisotopic (exact) mass is 690 g/mol. The first-order chi connectivity index (χ1) is 20.7. The van der Waals surface area contributed by atoms with Crippen LogP contribution in [0.3, 0.4) is 0 Å². The maximum Gasteiger partial charge on any atom is 0.481 e. The zero-order chi connectivity index (χ0) is 32.0. The summed E-state index contributed by atoms with van der Waals surface area (Å²) in [5, 5.41) is 50.3. The van der Waals surface area contributed by atoms with Crippen LogP contribution >= 0.6 is 14.5 Å². The number of ether oxygens (including phenoxy) is 2. The van der Waals surface area contributed by atoms with Crippen molar-refractivity contribution in [2.24, 2.45) is 0 Å². The van der Waals surface area contributed by atoms with Crippen molar-refractivity contribution in [3.05, 3.63) is 12.7 Å². The van der Waals surface area contributed by atoms with E-state index in [1.165, 1.54) is 12.7 Å². The van der Waals surface area contributed by atoms with Crippen molar-refractivity contribution in [2.45, 2.75) is 74.2 Å². The second kappa shape index (κ2) is 13.4. The Labute approximate surface area is 253 Å². The average Bonchev–Trinajstić information content (AvgIpc) is 3.70. The van der Waals surface area contributed by atoms with Gasteiger partial charge in [0.15, 0.2) is 30.2 Å². The van der Waals surface area contributed by atoms with E-state index < -0.39 is 89.1 Å². The topological polar surface area (TPSA) is 278 Å². The van der Waals surface area contributed by atoms with Crippen LogP contribution in [0.4, 0.5) is 10.2 Å². The lowest BCUT2D eigenvalue weighted by molar-refractivity contribution is -0.287. The minimum Gasteiger partial charge on any atom is -0.393 e. The Kier molecular flexibility index (Phi) is 10.4. The van der Waals surface area contributed by atoms with E-state index in [9.17, 15) is 39.2 Å². The van der Waals surface area contributed by atoms with Crippen molar-refractivity contribution in [1.29, 1.82) is 0 Å². The molecule has 3 aliphatic heterocycles. The molecule has 19 nitrogen and oxygen atoms in total. The molecular formula is C21H33FN6O13P2S. The Balaban J connectivity index is 1.26. The number of hydrogen-bond donors (Lipinski definition) is 8. The van der Waals surface area contributed by atoms with Gasteiger partial charge in [0.05, 0.1) is 25.6 Å². The Morgan fingerprint density at radius 3 is 2.48 bits per heavy atom. The first-order valence-electron chi connectivity index (χ1n) is 13.4. The smallest absolute Gasteiger partial charge is 0.393 e. The van der Waals surface area contributed by atoms with Crippen LogP contribution in [0.5, 0.6) is 0 Å². The molecule has 9 N–H and O–H groups in total. The predicted octanol–water partition coefficient (Wildman–Crippen LogP) is -2.36. The molecule has 0 bridgehead atoms. The lowest BCUT2D eigenvalue weighted by Crippen LogP contribution is -2.60. The highest BCUT2D eigenvalue weighted by molar-refractivity contribution is 8.08. The number of aliphatic hydroxyl groups excluding tert-OH is 5. The Morgan fingerprint density at radius 1 is 1.09 bits per heavy atom. The fraction of sp³-hybridized carbons (Fsp3) is 0.762. The molecule has 0 saturated carbocycles. The molecule has 3 saturated heterocycles. The molecule has 0 amide bonds. The van der Waals surface area contributed by atoms with Gasteiger partial charge in [0.25, 0.3) is 0 Å². The lowest BCUT2D eigenvalue weighted by Gasteiger charge is -2.41. The van der Waals surface area contributed by atoms with Crippen LogP contribution < -0.4 is 5.73 Å². The highest BCUT2D eigenvalue weighted by atomic mass is 32.5. The number of aliphatic hydroxyl groups is 5. The van der Waals surface area contributed by atoms with Crippen LogP contribution in [0.15, 0.2) is 12.7 Å². The summed E-state index contributed by atoms with van der Waals surface area (Å²) in [5.41, 5.74) is 6.58. The van der Waals surface area contributed by atoms with Gasteiger partial charge in [0.2, 0.25) is 0 Å². The molecule has 3 aliphatic rings. The van der Waals surface area contributed by atoms with Gasteiger partial charge in [0, 0.05) is 0 Å². The molecule has 5 heterocycles. The summed E-state index contributed by atoms with van der Waals surface area (Å²) < 4.78 is 53.8. The SMILES string of the molecule is Nc1ncnc2c1ncn2[C@@H]1O[C@H](COP(O)(=S)OP(=O)(O)OC2OC([C@@H](F)CO)C(O)C(O)C2O)[C@@H](O)[C@H]1N1CCCC1. The van der Waals surface area contributed by atoms with E-state index in [4.69, 9.17) is 36.6 Å². The number of nitrogen functional groups attached to an aromatic ring is 1. The van der Waals surface area contributed by atoms with Crippen LogP contribution in [-0.2, 0) is 39.2 Å². The number of alkyl halides is 1. The standard InChI is InChI=1S/C21H33FN6O13P2S/c22-9(5-29)17-15(32)14(31)16(33)21(39-17)40-42(34,35)41-43(36,44)37-6-10-13(30)12(27-3-1-2-4-27)20(38-10)28-8-26-11-18(23)24-7-25-19(11)28/h7-10,12-17,20-21,29-33H,1-6H2,(H,34,35)(H,36,44)(H2,23,24,25)/t9-,10+,12+,13+,14?,15?,16?,17?,20+,21?,43?/m0/s1. The summed E-state index contributed by atoms with van der Waals surface area (Å²) in [4.78, 5) is 35.2. The Morgan fingerprint density at radius 2 is 1.80 bits per heavy atom. The second-order valence-corrected chi connectivity index (χ2v) is 14.8. The summed E-state index contributed by atoms with van der Waals surface area (Å²) in [7, 11) is -5.46. The number of rotatable bonds is 11. The Hall–Kier alpha value is -1.36. The van der Waals surface area contributed by atoms with Crippen LogP contribution in [0.25, 0.3) is 11.2 Å². The number of imidazole rings is 1. The second-order valence-electron chi connectivity index (χ2n) is 10.4. The number of phosphoric acid groups is 1. The number of hydrogen-bond acceptors (Lipinski definition) is 17. The summed E-state index contributed by atoms with van der Waals surface area (Å²) in [6.07, 6.45) is -11.5. The quantitative estimate of drug-likeness (QED) is 0.114. The number of anilines is 1. The van der Waals surface area contributed by atoms with Crippen molar-refractivity contribution >= 4 is 43.3 Å². The number of nitrogens with zero attached hydrogens (tertiary/aromatic N) is 5. The van der Waals surface area contributed by atoms with Gasteiger partial charge >= 0.3 is 14.5 Å². The zero-order valence-corrected chi connectivity index (χ0v) is 25.4. The number of nitrogens with two attached hydrogens (primary N) is 1. The maximum absolute atomic E-state index is 14.0. The van der Waals surface area contributed by atoms with Crippen molar-refractivity contribution in [1.82, 2.24) is 24.4 Å². The highest BCUT2D eigenvalue weighted by Crippen LogP contribution is 2.62. The predicted molar refractivity (Wildman–Crippen MR) is 147 cm³/mol. The lowest BCUT2D eigenvalue weighted by atomic mass is 9.96. The minimum absolute atomic E-state index is 0.143. The van der Waals surface area contributed by atoms with Crippen molar-refractivity contribution in [3.63, 3.8) is 0 Å². The number of aromatic nitrogens is 4. The van der Waals surface area contributed by atoms with Gasteiger partial charge in [-0.2, -0.15) is 0 Å². The van der Waals surface area contributed by atoms with E-state index in [0.29, 0.717) is 24.3 Å². The van der Waals surface area contributed by atoms with Crippen LogP contribution in [0.1, 0.15) is 19.1 Å². The average molecular weight is 691 g/mol. The van der Waals surface area contributed by atoms with E-state index in [1.54, 1.807) is 4.57 Å². The van der Waals surface area contributed by atoms with Crippen molar-refractivity contribution < 1.29 is 67.1 Å². The number of phosphoric ester groups is 1. The van der Waals surface area contributed by atoms with Gasteiger partial charge in [-0.1, -0.05) is 0 Å². The van der Waals surface area contributed by atoms with Crippen molar-refractivity contribution in [2.75, 3.05) is 32.0 Å². The first kappa shape index (κ1) is 34.0. The molecule has 5 rings (SSSR count). The number of halogens is 1. The molecule has 23 heteroatoms. The Bertz CT molecular complexity index is 1410. The fourth-order valence-electron chi connectivity index (χ4n) is 5.42. The van der Waals surface area contributed by atoms with Crippen LogP contribution in [0.2, 0.25) is 0 Å². The van der Waals surface area contributed by atoms with Gasteiger partial charge < -0.3 is 55.1 Å². The molecule has 44 heavy (non-hydrogen) atoms. The molecule has 7 unspecified atom stereocenters. The van der Waals surface area contributed by atoms with Crippen molar-refractivity contribution in [3.8, 4) is 0 Å². The summed E-state index contributed by atoms with van der Waals surface area (Å²) in [6.45, 7) is -5.09. The molecule has 248 valence electrons. The first-order valence-corrected chi connectivity index (χ1v) is 17.5. The third-order valence-corrected chi connectivity index (χ3v) is 11.1. The van der Waals surface area contributed by atoms with Gasteiger partial charge in [-0.25, -0.2) is 28.2 Å². The molecule has 12 atom stereocenters. The third-order valence-electron chi connectivity index (χ3n) is 7.54.